The molecule has 24 heavy (non-hydrogen) atoms. The second-order valence-electron chi connectivity index (χ2n) is 5.73. The Morgan fingerprint density at radius 2 is 1.83 bits per heavy atom. The molecule has 3 rings (SSSR count). The Bertz CT molecular complexity index is 800. The summed E-state index contributed by atoms with van der Waals surface area (Å²) >= 11 is 0. The molecule has 0 aliphatic heterocycles. The third-order valence-electron chi connectivity index (χ3n) is 4.11. The summed E-state index contributed by atoms with van der Waals surface area (Å²) in [6.45, 7) is 1.57. The van der Waals surface area contributed by atoms with Crippen molar-refractivity contribution in [1.82, 2.24) is 15.5 Å². The molecule has 1 saturated carbocycles. The van der Waals surface area contributed by atoms with Gasteiger partial charge in [0, 0.05) is 6.92 Å². The van der Waals surface area contributed by atoms with Crippen LogP contribution >= 0.6 is 0 Å². The van der Waals surface area contributed by atoms with E-state index in [1.807, 2.05) is 0 Å². The van der Waals surface area contributed by atoms with Gasteiger partial charge >= 0.3 is 0 Å². The van der Waals surface area contributed by atoms with E-state index in [0.717, 1.165) is 12.8 Å². The molecular weight excluding hydrogens is 330 g/mol. The van der Waals surface area contributed by atoms with Gasteiger partial charge in [0.15, 0.2) is 29.1 Å². The number of benzene rings is 1. The summed E-state index contributed by atoms with van der Waals surface area (Å²) in [5.74, 6) is -7.96. The average Bonchev–Trinajstić information content (AvgIpc) is 3.18. The zero-order valence-corrected chi connectivity index (χ0v) is 12.6. The minimum atomic E-state index is -2.03. The smallest absolute Gasteiger partial charge is 0.255 e. The fraction of sp³-hybridized carbons (Fsp3) is 0.400. The van der Waals surface area contributed by atoms with Gasteiger partial charge in [-0.25, -0.2) is 17.6 Å². The molecule has 1 amide bonds. The van der Waals surface area contributed by atoms with Crippen molar-refractivity contribution in [1.29, 1.82) is 0 Å². The van der Waals surface area contributed by atoms with E-state index in [1.165, 1.54) is 0 Å². The van der Waals surface area contributed by atoms with Crippen molar-refractivity contribution in [3.05, 3.63) is 46.6 Å². The number of carbonyl (C=O) groups is 1. The summed E-state index contributed by atoms with van der Waals surface area (Å²) in [4.78, 5) is 16.4. The number of aromatic nitrogens is 2. The SMILES string of the molecule is Cc1nc(C2(NC(=O)c3cc(F)c(F)c(F)c3F)CCCC2)no1. The molecule has 1 aliphatic rings. The van der Waals surface area contributed by atoms with Crippen LogP contribution in [0.4, 0.5) is 17.6 Å². The van der Waals surface area contributed by atoms with Gasteiger partial charge in [0.05, 0.1) is 5.56 Å². The highest BCUT2D eigenvalue weighted by molar-refractivity contribution is 5.95. The van der Waals surface area contributed by atoms with E-state index >= 15 is 0 Å². The zero-order chi connectivity index (χ0) is 17.5. The highest BCUT2D eigenvalue weighted by Gasteiger charge is 2.42. The summed E-state index contributed by atoms with van der Waals surface area (Å²) < 4.78 is 58.4. The van der Waals surface area contributed by atoms with Crippen molar-refractivity contribution in [3.63, 3.8) is 0 Å². The molecule has 9 heteroatoms. The molecule has 0 spiro atoms. The summed E-state index contributed by atoms with van der Waals surface area (Å²) in [7, 11) is 0. The molecule has 1 aromatic carbocycles. The van der Waals surface area contributed by atoms with Crippen LogP contribution in [0.25, 0.3) is 0 Å². The number of hydrogen-bond acceptors (Lipinski definition) is 4. The highest BCUT2D eigenvalue weighted by Crippen LogP contribution is 2.37. The van der Waals surface area contributed by atoms with E-state index in [2.05, 4.69) is 15.5 Å². The quantitative estimate of drug-likeness (QED) is 0.528. The maximum atomic E-state index is 13.8. The van der Waals surface area contributed by atoms with Gasteiger partial charge in [-0.05, 0) is 18.9 Å². The third kappa shape index (κ3) is 2.63. The number of aryl methyl sites for hydroxylation is 1. The first-order valence-corrected chi connectivity index (χ1v) is 7.30. The van der Waals surface area contributed by atoms with Crippen molar-refractivity contribution < 1.29 is 26.9 Å². The van der Waals surface area contributed by atoms with Crippen molar-refractivity contribution in [2.45, 2.75) is 38.1 Å². The van der Waals surface area contributed by atoms with E-state index in [1.54, 1.807) is 6.92 Å². The molecule has 0 atom stereocenters. The van der Waals surface area contributed by atoms with Gasteiger partial charge in [-0.2, -0.15) is 4.98 Å². The van der Waals surface area contributed by atoms with Gasteiger partial charge in [-0.1, -0.05) is 18.0 Å². The number of rotatable bonds is 3. The van der Waals surface area contributed by atoms with E-state index in [0.29, 0.717) is 18.9 Å². The predicted molar refractivity (Wildman–Crippen MR) is 72.9 cm³/mol. The van der Waals surface area contributed by atoms with E-state index in [-0.39, 0.29) is 11.7 Å². The lowest BCUT2D eigenvalue weighted by Gasteiger charge is -2.26. The first-order chi connectivity index (χ1) is 11.3. The summed E-state index contributed by atoms with van der Waals surface area (Å²) in [5, 5.41) is 6.32. The van der Waals surface area contributed by atoms with Gasteiger partial charge in [0.1, 0.15) is 5.54 Å². The van der Waals surface area contributed by atoms with Crippen molar-refractivity contribution >= 4 is 5.91 Å². The first-order valence-electron chi connectivity index (χ1n) is 7.30. The maximum absolute atomic E-state index is 13.8. The Kier molecular flexibility index (Phi) is 4.02. The fourth-order valence-corrected chi connectivity index (χ4v) is 2.90. The molecule has 0 saturated heterocycles. The lowest BCUT2D eigenvalue weighted by atomic mass is 9.95. The van der Waals surface area contributed by atoms with Gasteiger partial charge < -0.3 is 9.84 Å². The van der Waals surface area contributed by atoms with E-state index in [9.17, 15) is 22.4 Å². The Hall–Kier alpha value is -2.45. The van der Waals surface area contributed by atoms with Crippen LogP contribution in [-0.4, -0.2) is 16.0 Å². The van der Waals surface area contributed by atoms with Crippen LogP contribution in [0.3, 0.4) is 0 Å². The van der Waals surface area contributed by atoms with Crippen LogP contribution < -0.4 is 5.32 Å². The van der Waals surface area contributed by atoms with Crippen LogP contribution in [-0.2, 0) is 5.54 Å². The van der Waals surface area contributed by atoms with Crippen LogP contribution in [0, 0.1) is 30.2 Å². The molecular formula is C15H13F4N3O2. The lowest BCUT2D eigenvalue weighted by Crippen LogP contribution is -2.45. The molecule has 1 aliphatic carbocycles. The number of amides is 1. The standard InChI is InChI=1S/C15H13F4N3O2/c1-7-20-14(22-24-7)15(4-2-3-5-15)21-13(23)8-6-9(16)11(18)12(19)10(8)17/h6H,2-5H2,1H3,(H,21,23). The number of nitrogens with one attached hydrogen (secondary N) is 1. The molecule has 128 valence electrons. The lowest BCUT2D eigenvalue weighted by molar-refractivity contribution is 0.0885. The second-order valence-corrected chi connectivity index (χ2v) is 5.73. The fourth-order valence-electron chi connectivity index (χ4n) is 2.90. The number of nitrogens with zero attached hydrogens (tertiary/aromatic N) is 2. The van der Waals surface area contributed by atoms with Gasteiger partial charge in [0.25, 0.3) is 5.91 Å². The highest BCUT2D eigenvalue weighted by atomic mass is 19.2. The molecule has 0 bridgehead atoms. The predicted octanol–water partition coefficient (Wildman–Crippen LogP) is 3.13. The van der Waals surface area contributed by atoms with Gasteiger partial charge in [-0.3, -0.25) is 4.79 Å². The third-order valence-corrected chi connectivity index (χ3v) is 4.11. The molecule has 2 aromatic rings. The van der Waals surface area contributed by atoms with Crippen LogP contribution in [0.15, 0.2) is 10.6 Å². The normalized spacial score (nSPS) is 16.4. The van der Waals surface area contributed by atoms with Gasteiger partial charge in [-0.15, -0.1) is 0 Å². The molecule has 1 heterocycles. The molecule has 1 aromatic heterocycles. The van der Waals surface area contributed by atoms with Crippen LogP contribution in [0.5, 0.6) is 0 Å². The van der Waals surface area contributed by atoms with Gasteiger partial charge in [0.2, 0.25) is 5.89 Å². The minimum Gasteiger partial charge on any atom is -0.340 e. The van der Waals surface area contributed by atoms with E-state index < -0.39 is 40.3 Å². The number of hydrogen-bond donors (Lipinski definition) is 1. The molecule has 0 radical (unpaired) electrons. The average molecular weight is 343 g/mol. The molecule has 1 N–H and O–H groups in total. The van der Waals surface area contributed by atoms with E-state index in [4.69, 9.17) is 4.52 Å². The Balaban J connectivity index is 1.96. The monoisotopic (exact) mass is 343 g/mol. The Labute approximate surface area is 134 Å². The second kappa shape index (κ2) is 5.88. The zero-order valence-electron chi connectivity index (χ0n) is 12.6. The molecule has 1 fully saturated rings. The van der Waals surface area contributed by atoms with Crippen molar-refractivity contribution in [2.75, 3.05) is 0 Å². The number of carbonyl (C=O) groups excluding carboxylic acids is 1. The maximum Gasteiger partial charge on any atom is 0.255 e. The first kappa shape index (κ1) is 16.4. The van der Waals surface area contributed by atoms with Crippen LogP contribution in [0.1, 0.15) is 47.8 Å². The summed E-state index contributed by atoms with van der Waals surface area (Å²) in [6, 6.07) is 0.327. The largest absolute Gasteiger partial charge is 0.340 e. The Morgan fingerprint density at radius 3 is 2.42 bits per heavy atom. The van der Waals surface area contributed by atoms with Crippen molar-refractivity contribution in [2.24, 2.45) is 0 Å². The Morgan fingerprint density at radius 1 is 1.17 bits per heavy atom. The summed E-state index contributed by atoms with van der Waals surface area (Å²) in [5.41, 5.74) is -1.93. The number of halogens is 4. The minimum absolute atomic E-state index is 0.217. The molecule has 0 unspecified atom stereocenters. The van der Waals surface area contributed by atoms with Crippen LogP contribution in [0.2, 0.25) is 0 Å². The summed E-state index contributed by atoms with van der Waals surface area (Å²) in [6.07, 6.45) is 2.43. The topological polar surface area (TPSA) is 68.0 Å². The molecule has 5 nitrogen and oxygen atoms in total. The van der Waals surface area contributed by atoms with Crippen molar-refractivity contribution in [3.8, 4) is 0 Å².